The largest absolute Gasteiger partial charge is 0.463 e. The molecule has 0 radical (unpaired) electrons. The van der Waals surface area contributed by atoms with E-state index in [1.165, 1.54) is 6.42 Å². The highest BCUT2D eigenvalue weighted by Gasteiger charge is 2.37. The summed E-state index contributed by atoms with van der Waals surface area (Å²) in [5, 5.41) is 0. The summed E-state index contributed by atoms with van der Waals surface area (Å²) in [7, 11) is 0. The number of hydrogen-bond acceptors (Lipinski definition) is 4. The van der Waals surface area contributed by atoms with Crippen molar-refractivity contribution in [3.8, 4) is 0 Å². The molecule has 98 valence electrons. The maximum absolute atomic E-state index is 12.0. The van der Waals surface area contributed by atoms with Crippen molar-refractivity contribution >= 4 is 11.9 Å². The van der Waals surface area contributed by atoms with Gasteiger partial charge in [-0.15, -0.1) is 0 Å². The molecule has 0 bridgehead atoms. The van der Waals surface area contributed by atoms with Gasteiger partial charge in [0.05, 0.1) is 12.0 Å². The second-order valence-electron chi connectivity index (χ2n) is 4.92. The van der Waals surface area contributed by atoms with Crippen LogP contribution in [0.1, 0.15) is 52.9 Å². The Kier molecular flexibility index (Phi) is 4.97. The van der Waals surface area contributed by atoms with Crippen molar-refractivity contribution in [2.45, 2.75) is 59.0 Å². The van der Waals surface area contributed by atoms with Crippen molar-refractivity contribution in [2.24, 2.45) is 5.41 Å². The topological polar surface area (TPSA) is 52.6 Å². The lowest BCUT2D eigenvalue weighted by Crippen LogP contribution is -2.36. The van der Waals surface area contributed by atoms with Crippen LogP contribution in [0.5, 0.6) is 0 Å². The molecule has 0 saturated heterocycles. The van der Waals surface area contributed by atoms with Crippen molar-refractivity contribution in [1.82, 2.24) is 0 Å². The summed E-state index contributed by atoms with van der Waals surface area (Å²) < 4.78 is 10.0. The molecule has 1 fully saturated rings. The third-order valence-corrected chi connectivity index (χ3v) is 3.35. The van der Waals surface area contributed by atoms with Gasteiger partial charge in [0.1, 0.15) is 0 Å². The molecule has 4 heteroatoms. The maximum Gasteiger partial charge on any atom is 0.347 e. The molecule has 0 aromatic carbocycles. The third kappa shape index (κ3) is 3.72. The average Bonchev–Trinajstić information content (AvgIpc) is 2.30. The zero-order valence-corrected chi connectivity index (χ0v) is 11.0. The third-order valence-electron chi connectivity index (χ3n) is 3.35. The van der Waals surface area contributed by atoms with Crippen LogP contribution in [0.2, 0.25) is 0 Å². The van der Waals surface area contributed by atoms with Gasteiger partial charge in [0.2, 0.25) is 0 Å². The minimum atomic E-state index is -0.804. The van der Waals surface area contributed by atoms with Gasteiger partial charge in [-0.25, -0.2) is 4.79 Å². The SMILES string of the molecule is CCOC(=O)C(C)OC(=O)C1(C)CCCCC1. The molecule has 1 atom stereocenters. The lowest BCUT2D eigenvalue weighted by Gasteiger charge is -2.31. The van der Waals surface area contributed by atoms with E-state index in [0.717, 1.165) is 25.7 Å². The first-order valence-corrected chi connectivity index (χ1v) is 6.37. The van der Waals surface area contributed by atoms with E-state index in [1.54, 1.807) is 13.8 Å². The van der Waals surface area contributed by atoms with E-state index in [-0.39, 0.29) is 5.97 Å². The van der Waals surface area contributed by atoms with E-state index in [1.807, 2.05) is 6.92 Å². The van der Waals surface area contributed by atoms with Gasteiger partial charge in [0, 0.05) is 0 Å². The van der Waals surface area contributed by atoms with Crippen LogP contribution >= 0.6 is 0 Å². The molecule has 0 N–H and O–H groups in total. The monoisotopic (exact) mass is 242 g/mol. The van der Waals surface area contributed by atoms with Gasteiger partial charge in [0.25, 0.3) is 0 Å². The molecular formula is C13H22O4. The van der Waals surface area contributed by atoms with Crippen LogP contribution < -0.4 is 0 Å². The number of carbonyl (C=O) groups excluding carboxylic acids is 2. The fourth-order valence-corrected chi connectivity index (χ4v) is 2.15. The van der Waals surface area contributed by atoms with Crippen LogP contribution in [0, 0.1) is 5.41 Å². The van der Waals surface area contributed by atoms with Gasteiger partial charge >= 0.3 is 11.9 Å². The Morgan fingerprint density at radius 1 is 1.24 bits per heavy atom. The molecule has 0 spiro atoms. The number of esters is 2. The predicted molar refractivity (Wildman–Crippen MR) is 63.4 cm³/mol. The van der Waals surface area contributed by atoms with Crippen LogP contribution in [-0.4, -0.2) is 24.6 Å². The highest BCUT2D eigenvalue weighted by molar-refractivity contribution is 5.81. The lowest BCUT2D eigenvalue weighted by molar-refractivity contribution is -0.173. The molecule has 0 aromatic heterocycles. The summed E-state index contributed by atoms with van der Waals surface area (Å²) in [6, 6.07) is 0. The minimum Gasteiger partial charge on any atom is -0.463 e. The fraction of sp³-hybridized carbons (Fsp3) is 0.846. The van der Waals surface area contributed by atoms with Crippen molar-refractivity contribution in [3.63, 3.8) is 0 Å². The van der Waals surface area contributed by atoms with Gasteiger partial charge < -0.3 is 9.47 Å². The van der Waals surface area contributed by atoms with Crippen LogP contribution in [-0.2, 0) is 19.1 Å². The first kappa shape index (κ1) is 14.0. The van der Waals surface area contributed by atoms with E-state index in [9.17, 15) is 9.59 Å². The summed E-state index contributed by atoms with van der Waals surface area (Å²) >= 11 is 0. The lowest BCUT2D eigenvalue weighted by atomic mass is 9.76. The van der Waals surface area contributed by atoms with E-state index >= 15 is 0 Å². The van der Waals surface area contributed by atoms with E-state index in [4.69, 9.17) is 9.47 Å². The van der Waals surface area contributed by atoms with Crippen LogP contribution in [0.3, 0.4) is 0 Å². The van der Waals surface area contributed by atoms with Gasteiger partial charge in [-0.05, 0) is 33.6 Å². The Bertz CT molecular complexity index is 279. The van der Waals surface area contributed by atoms with E-state index in [2.05, 4.69) is 0 Å². The molecule has 0 aliphatic heterocycles. The maximum atomic E-state index is 12.0. The van der Waals surface area contributed by atoms with Crippen molar-refractivity contribution in [2.75, 3.05) is 6.61 Å². The zero-order chi connectivity index (χ0) is 12.9. The number of carbonyl (C=O) groups is 2. The fourth-order valence-electron chi connectivity index (χ4n) is 2.15. The summed E-state index contributed by atoms with van der Waals surface area (Å²) in [6.07, 6.45) is 4.18. The highest BCUT2D eigenvalue weighted by Crippen LogP contribution is 2.37. The molecule has 4 nitrogen and oxygen atoms in total. The molecule has 1 unspecified atom stereocenters. The Morgan fingerprint density at radius 3 is 2.35 bits per heavy atom. The number of rotatable bonds is 4. The van der Waals surface area contributed by atoms with E-state index < -0.39 is 17.5 Å². The van der Waals surface area contributed by atoms with Gasteiger partial charge in [-0.1, -0.05) is 19.3 Å². The molecule has 0 amide bonds. The Hall–Kier alpha value is -1.06. The molecule has 1 aliphatic rings. The minimum absolute atomic E-state index is 0.266. The summed E-state index contributed by atoms with van der Waals surface area (Å²) in [4.78, 5) is 23.4. The quantitative estimate of drug-likeness (QED) is 0.710. The number of ether oxygens (including phenoxy) is 2. The van der Waals surface area contributed by atoms with E-state index in [0.29, 0.717) is 6.61 Å². The van der Waals surface area contributed by atoms with Crippen LogP contribution in [0.4, 0.5) is 0 Å². The normalized spacial score (nSPS) is 20.4. The molecule has 0 aromatic rings. The van der Waals surface area contributed by atoms with Gasteiger partial charge in [-0.2, -0.15) is 0 Å². The van der Waals surface area contributed by atoms with Crippen molar-refractivity contribution in [3.05, 3.63) is 0 Å². The standard InChI is InChI=1S/C13H22O4/c1-4-16-11(14)10(2)17-12(15)13(3)8-6-5-7-9-13/h10H,4-9H2,1-3H3. The molecule has 17 heavy (non-hydrogen) atoms. The molecule has 1 aliphatic carbocycles. The Balaban J connectivity index is 2.50. The van der Waals surface area contributed by atoms with Crippen LogP contribution in [0.25, 0.3) is 0 Å². The molecule has 1 rings (SSSR count). The average molecular weight is 242 g/mol. The van der Waals surface area contributed by atoms with Crippen molar-refractivity contribution in [1.29, 1.82) is 0 Å². The first-order chi connectivity index (χ1) is 7.99. The highest BCUT2D eigenvalue weighted by atomic mass is 16.6. The molecule has 1 saturated carbocycles. The smallest absolute Gasteiger partial charge is 0.347 e. The van der Waals surface area contributed by atoms with Gasteiger partial charge in [-0.3, -0.25) is 4.79 Å². The Labute approximate surface area is 103 Å². The predicted octanol–water partition coefficient (Wildman–Crippen LogP) is 2.45. The zero-order valence-electron chi connectivity index (χ0n) is 11.0. The molecular weight excluding hydrogens is 220 g/mol. The number of hydrogen-bond donors (Lipinski definition) is 0. The Morgan fingerprint density at radius 2 is 1.82 bits per heavy atom. The van der Waals surface area contributed by atoms with Gasteiger partial charge in [0.15, 0.2) is 6.10 Å². The van der Waals surface area contributed by atoms with Crippen molar-refractivity contribution < 1.29 is 19.1 Å². The summed E-state index contributed by atoms with van der Waals surface area (Å²) in [6.45, 7) is 5.52. The second-order valence-corrected chi connectivity index (χ2v) is 4.92. The summed E-state index contributed by atoms with van der Waals surface area (Å²) in [5.74, 6) is -0.738. The van der Waals surface area contributed by atoms with Crippen LogP contribution in [0.15, 0.2) is 0 Å². The summed E-state index contributed by atoms with van der Waals surface area (Å²) in [5.41, 5.74) is -0.418. The molecule has 0 heterocycles. The second kappa shape index (κ2) is 6.03. The first-order valence-electron chi connectivity index (χ1n) is 6.37.